The maximum Gasteiger partial charge on any atom is 0.253 e. The van der Waals surface area contributed by atoms with Crippen molar-refractivity contribution in [1.82, 2.24) is 10.6 Å². The van der Waals surface area contributed by atoms with E-state index in [0.717, 1.165) is 24.6 Å². The van der Waals surface area contributed by atoms with E-state index < -0.39 is 6.10 Å². The Balaban J connectivity index is 1.99. The smallest absolute Gasteiger partial charge is 0.253 e. The van der Waals surface area contributed by atoms with Crippen LogP contribution in [0.2, 0.25) is 0 Å². The van der Waals surface area contributed by atoms with E-state index in [-0.39, 0.29) is 12.5 Å². The van der Waals surface area contributed by atoms with Crippen molar-refractivity contribution in [2.75, 3.05) is 31.5 Å². The molecule has 1 aromatic rings. The summed E-state index contributed by atoms with van der Waals surface area (Å²) in [5, 5.41) is 18.3. The van der Waals surface area contributed by atoms with Crippen molar-refractivity contribution in [2.24, 2.45) is 4.99 Å². The Morgan fingerprint density at radius 3 is 3.00 bits per heavy atom. The van der Waals surface area contributed by atoms with Crippen LogP contribution in [0.15, 0.2) is 29.3 Å². The molecule has 1 atom stereocenters. The van der Waals surface area contributed by atoms with E-state index in [1.165, 1.54) is 0 Å². The first-order valence-corrected chi connectivity index (χ1v) is 6.73. The first-order chi connectivity index (χ1) is 9.66. The molecule has 108 valence electrons. The van der Waals surface area contributed by atoms with Crippen LogP contribution in [0.4, 0.5) is 5.69 Å². The second kappa shape index (κ2) is 6.91. The molecule has 0 saturated carbocycles. The van der Waals surface area contributed by atoms with Gasteiger partial charge in [-0.3, -0.25) is 9.79 Å². The van der Waals surface area contributed by atoms with Gasteiger partial charge in [0.1, 0.15) is 5.84 Å². The monoisotopic (exact) mass is 276 g/mol. The number of anilines is 1. The molecule has 0 aliphatic carbocycles. The standard InChI is InChI=1S/C14H20N4O2/c1-10(19)8-18-14(20)11-4-2-3-5-12(11)17-9-13-15-6-7-16-13/h2-5,10,17,19H,6-9H2,1H3,(H,15,16)(H,18,20). The Morgan fingerprint density at radius 1 is 1.50 bits per heavy atom. The molecule has 1 unspecified atom stereocenters. The second-order valence-electron chi connectivity index (χ2n) is 4.71. The maximum atomic E-state index is 12.1. The first-order valence-electron chi connectivity index (χ1n) is 6.73. The van der Waals surface area contributed by atoms with Crippen molar-refractivity contribution in [3.8, 4) is 0 Å². The van der Waals surface area contributed by atoms with E-state index in [4.69, 9.17) is 0 Å². The molecule has 6 nitrogen and oxygen atoms in total. The molecule has 0 radical (unpaired) electrons. The third-order valence-electron chi connectivity index (χ3n) is 2.92. The fourth-order valence-electron chi connectivity index (χ4n) is 1.92. The van der Waals surface area contributed by atoms with Gasteiger partial charge in [0, 0.05) is 18.8 Å². The Kier molecular flexibility index (Phi) is 4.95. The molecule has 2 rings (SSSR count). The van der Waals surface area contributed by atoms with Crippen molar-refractivity contribution in [3.05, 3.63) is 29.8 Å². The predicted molar refractivity (Wildman–Crippen MR) is 79.3 cm³/mol. The summed E-state index contributed by atoms with van der Waals surface area (Å²) in [4.78, 5) is 16.4. The lowest BCUT2D eigenvalue weighted by atomic mass is 10.1. The van der Waals surface area contributed by atoms with Crippen LogP contribution in [0.5, 0.6) is 0 Å². The lowest BCUT2D eigenvalue weighted by Crippen LogP contribution is -2.31. The highest BCUT2D eigenvalue weighted by Gasteiger charge is 2.12. The Hall–Kier alpha value is -2.08. The number of nitrogens with zero attached hydrogens (tertiary/aromatic N) is 1. The number of aliphatic hydroxyl groups excluding tert-OH is 1. The summed E-state index contributed by atoms with van der Waals surface area (Å²) in [6, 6.07) is 7.29. The number of aliphatic imine (C=N–C) groups is 1. The lowest BCUT2D eigenvalue weighted by molar-refractivity contribution is 0.0925. The summed E-state index contributed by atoms with van der Waals surface area (Å²) in [5.74, 6) is 0.708. The molecule has 6 heteroatoms. The molecule has 1 heterocycles. The van der Waals surface area contributed by atoms with Gasteiger partial charge in [0.2, 0.25) is 0 Å². The molecule has 1 aromatic carbocycles. The van der Waals surface area contributed by atoms with Crippen LogP contribution in [-0.2, 0) is 0 Å². The summed E-state index contributed by atoms with van der Waals surface area (Å²) in [7, 11) is 0. The molecule has 1 amide bonds. The number of rotatable bonds is 6. The van der Waals surface area contributed by atoms with Crippen LogP contribution in [0.25, 0.3) is 0 Å². The van der Waals surface area contributed by atoms with Gasteiger partial charge in [0.15, 0.2) is 0 Å². The number of nitrogens with one attached hydrogen (secondary N) is 3. The van der Waals surface area contributed by atoms with Gasteiger partial charge in [-0.05, 0) is 19.1 Å². The molecule has 4 N–H and O–H groups in total. The third-order valence-corrected chi connectivity index (χ3v) is 2.92. The number of hydrogen-bond donors (Lipinski definition) is 4. The number of amidine groups is 1. The zero-order chi connectivity index (χ0) is 14.4. The van der Waals surface area contributed by atoms with Crippen LogP contribution in [0.3, 0.4) is 0 Å². The minimum Gasteiger partial charge on any atom is -0.392 e. The quantitative estimate of drug-likeness (QED) is 0.598. The van der Waals surface area contributed by atoms with Crippen LogP contribution in [-0.4, -0.2) is 49.1 Å². The second-order valence-corrected chi connectivity index (χ2v) is 4.71. The van der Waals surface area contributed by atoms with Gasteiger partial charge in [0.25, 0.3) is 5.91 Å². The number of aliphatic hydroxyl groups is 1. The molecular weight excluding hydrogens is 256 g/mol. The number of carbonyl (C=O) groups excluding carboxylic acids is 1. The van der Waals surface area contributed by atoms with Crippen LogP contribution in [0.1, 0.15) is 17.3 Å². The van der Waals surface area contributed by atoms with Gasteiger partial charge in [0.05, 0.1) is 24.8 Å². The fourth-order valence-corrected chi connectivity index (χ4v) is 1.92. The van der Waals surface area contributed by atoms with Crippen LogP contribution < -0.4 is 16.0 Å². The zero-order valence-electron chi connectivity index (χ0n) is 11.5. The summed E-state index contributed by atoms with van der Waals surface area (Å²) in [6.07, 6.45) is -0.559. The average molecular weight is 276 g/mol. The lowest BCUT2D eigenvalue weighted by Gasteiger charge is -2.13. The molecule has 1 aliphatic heterocycles. The number of benzene rings is 1. The highest BCUT2D eigenvalue weighted by Crippen LogP contribution is 2.14. The Bertz CT molecular complexity index is 500. The van der Waals surface area contributed by atoms with E-state index in [2.05, 4.69) is 20.9 Å². The van der Waals surface area contributed by atoms with Crippen LogP contribution in [0, 0.1) is 0 Å². The number of para-hydroxylation sites is 1. The van der Waals surface area contributed by atoms with E-state index >= 15 is 0 Å². The van der Waals surface area contributed by atoms with Gasteiger partial charge in [-0.2, -0.15) is 0 Å². The number of hydrogen-bond acceptors (Lipinski definition) is 5. The van der Waals surface area contributed by atoms with Crippen molar-refractivity contribution in [2.45, 2.75) is 13.0 Å². The molecule has 0 aromatic heterocycles. The highest BCUT2D eigenvalue weighted by atomic mass is 16.3. The van der Waals surface area contributed by atoms with E-state index in [1.54, 1.807) is 13.0 Å². The van der Waals surface area contributed by atoms with Crippen molar-refractivity contribution < 1.29 is 9.90 Å². The van der Waals surface area contributed by atoms with E-state index in [1.807, 2.05) is 18.2 Å². The first kappa shape index (κ1) is 14.3. The number of amides is 1. The predicted octanol–water partition coefficient (Wildman–Crippen LogP) is 0.211. The van der Waals surface area contributed by atoms with E-state index in [9.17, 15) is 9.90 Å². The van der Waals surface area contributed by atoms with Gasteiger partial charge in [-0.15, -0.1) is 0 Å². The van der Waals surface area contributed by atoms with Crippen molar-refractivity contribution in [1.29, 1.82) is 0 Å². The highest BCUT2D eigenvalue weighted by molar-refractivity contribution is 6.00. The Labute approximate surface area is 118 Å². The van der Waals surface area contributed by atoms with Crippen molar-refractivity contribution in [3.63, 3.8) is 0 Å². The molecular formula is C14H20N4O2. The van der Waals surface area contributed by atoms with Gasteiger partial charge < -0.3 is 21.1 Å². The van der Waals surface area contributed by atoms with Gasteiger partial charge in [-0.25, -0.2) is 0 Å². The topological polar surface area (TPSA) is 85.8 Å². The average Bonchev–Trinajstić information content (AvgIpc) is 2.96. The maximum absolute atomic E-state index is 12.1. The van der Waals surface area contributed by atoms with Crippen molar-refractivity contribution >= 4 is 17.4 Å². The molecule has 0 fully saturated rings. The Morgan fingerprint density at radius 2 is 2.30 bits per heavy atom. The normalized spacial score (nSPS) is 15.2. The zero-order valence-corrected chi connectivity index (χ0v) is 11.5. The van der Waals surface area contributed by atoms with Crippen LogP contribution >= 0.6 is 0 Å². The summed E-state index contributed by atoms with van der Waals surface area (Å²) < 4.78 is 0. The SMILES string of the molecule is CC(O)CNC(=O)c1ccccc1NCC1=NCCN1. The molecule has 20 heavy (non-hydrogen) atoms. The minimum atomic E-state index is -0.559. The fraction of sp³-hybridized carbons (Fsp3) is 0.429. The minimum absolute atomic E-state index is 0.199. The summed E-state index contributed by atoms with van der Waals surface area (Å²) >= 11 is 0. The van der Waals surface area contributed by atoms with Gasteiger partial charge >= 0.3 is 0 Å². The number of carbonyl (C=O) groups is 1. The summed E-state index contributed by atoms with van der Waals surface area (Å²) in [5.41, 5.74) is 1.32. The summed E-state index contributed by atoms with van der Waals surface area (Å²) in [6.45, 7) is 4.11. The van der Waals surface area contributed by atoms with Gasteiger partial charge in [-0.1, -0.05) is 12.1 Å². The molecule has 1 aliphatic rings. The molecule has 0 saturated heterocycles. The largest absolute Gasteiger partial charge is 0.392 e. The third kappa shape index (κ3) is 3.96. The molecule has 0 bridgehead atoms. The molecule has 0 spiro atoms. The van der Waals surface area contributed by atoms with E-state index in [0.29, 0.717) is 12.1 Å².